The maximum Gasteiger partial charge on any atom is 0.117 e. The van der Waals surface area contributed by atoms with E-state index in [1.54, 1.807) is 0 Å². The summed E-state index contributed by atoms with van der Waals surface area (Å²) in [5.74, 6) is 0.539. The minimum atomic E-state index is 0.0718. The van der Waals surface area contributed by atoms with Crippen molar-refractivity contribution >= 4 is 0 Å². The number of aliphatic hydroxyl groups is 1. The van der Waals surface area contributed by atoms with Gasteiger partial charge in [-0.05, 0) is 49.2 Å². The van der Waals surface area contributed by atoms with Crippen LogP contribution in [0.4, 0.5) is 0 Å². The van der Waals surface area contributed by atoms with Crippen LogP contribution in [0.1, 0.15) is 53.4 Å². The molecule has 0 amide bonds. The summed E-state index contributed by atoms with van der Waals surface area (Å²) in [6.45, 7) is 8.45. The van der Waals surface area contributed by atoms with E-state index in [0.29, 0.717) is 5.76 Å². The van der Waals surface area contributed by atoms with E-state index in [4.69, 9.17) is 0 Å². The van der Waals surface area contributed by atoms with Crippen LogP contribution in [0.25, 0.3) is 0 Å². The molecule has 1 heteroatoms. The molecule has 0 aromatic rings. The maximum absolute atomic E-state index is 10.1. The monoisotopic (exact) mass is 194 g/mol. The first kappa shape index (κ1) is 11.4. The number of hydrogen-bond donors (Lipinski definition) is 1. The first-order valence-corrected chi connectivity index (χ1v) is 5.52. The fourth-order valence-electron chi connectivity index (χ4n) is 1.65. The van der Waals surface area contributed by atoms with Crippen LogP contribution in [0.3, 0.4) is 0 Å². The van der Waals surface area contributed by atoms with Gasteiger partial charge in [0.25, 0.3) is 0 Å². The Morgan fingerprint density at radius 1 is 1.29 bits per heavy atom. The molecular formula is C13H22O. The van der Waals surface area contributed by atoms with Gasteiger partial charge in [0.1, 0.15) is 5.76 Å². The van der Waals surface area contributed by atoms with Gasteiger partial charge in [-0.1, -0.05) is 26.8 Å². The van der Waals surface area contributed by atoms with Crippen LogP contribution < -0.4 is 0 Å². The van der Waals surface area contributed by atoms with E-state index in [0.717, 1.165) is 24.0 Å². The largest absolute Gasteiger partial charge is 0.508 e. The van der Waals surface area contributed by atoms with Gasteiger partial charge >= 0.3 is 0 Å². The van der Waals surface area contributed by atoms with E-state index in [1.807, 2.05) is 6.92 Å². The fraction of sp³-hybridized carbons (Fsp3) is 0.692. The summed E-state index contributed by atoms with van der Waals surface area (Å²) < 4.78 is 0. The number of hydrogen-bond acceptors (Lipinski definition) is 1. The lowest BCUT2D eigenvalue weighted by Crippen LogP contribution is -2.11. The van der Waals surface area contributed by atoms with E-state index < -0.39 is 0 Å². The van der Waals surface area contributed by atoms with Crippen molar-refractivity contribution in [2.75, 3.05) is 0 Å². The number of rotatable bonds is 1. The molecule has 1 aliphatic rings. The van der Waals surface area contributed by atoms with Crippen LogP contribution >= 0.6 is 0 Å². The quantitative estimate of drug-likeness (QED) is 0.615. The van der Waals surface area contributed by atoms with Gasteiger partial charge in [0.2, 0.25) is 0 Å². The molecule has 0 radical (unpaired) electrons. The molecule has 1 aliphatic carbocycles. The zero-order valence-electron chi connectivity index (χ0n) is 9.85. The van der Waals surface area contributed by atoms with Crippen molar-refractivity contribution in [3.63, 3.8) is 0 Å². The van der Waals surface area contributed by atoms with Crippen molar-refractivity contribution in [3.8, 4) is 0 Å². The molecule has 0 bridgehead atoms. The Bertz CT molecular complexity index is 263. The third kappa shape index (κ3) is 2.63. The highest BCUT2D eigenvalue weighted by Gasteiger charge is 2.19. The zero-order chi connectivity index (χ0) is 10.8. The number of aliphatic hydroxyl groups excluding tert-OH is 1. The van der Waals surface area contributed by atoms with Crippen molar-refractivity contribution in [2.45, 2.75) is 53.4 Å². The van der Waals surface area contributed by atoms with E-state index in [-0.39, 0.29) is 5.41 Å². The molecule has 1 N–H and O–H groups in total. The van der Waals surface area contributed by atoms with Crippen LogP contribution in [-0.2, 0) is 0 Å². The van der Waals surface area contributed by atoms with Gasteiger partial charge in [-0.3, -0.25) is 0 Å². The average Bonchev–Trinajstić information content (AvgIpc) is 2.15. The standard InChI is InChI=1S/C13H22O/c1-10(13(2,3)4)12(14)11-8-6-5-7-9-11/h8,14H,5-7,9H2,1-4H3. The Kier molecular flexibility index (Phi) is 3.41. The molecule has 0 fully saturated rings. The molecule has 0 saturated carbocycles. The number of allylic oxidation sites excluding steroid dienone is 3. The van der Waals surface area contributed by atoms with Gasteiger partial charge in [0.05, 0.1) is 0 Å². The molecular weight excluding hydrogens is 172 g/mol. The van der Waals surface area contributed by atoms with Crippen molar-refractivity contribution in [2.24, 2.45) is 5.41 Å². The molecule has 14 heavy (non-hydrogen) atoms. The van der Waals surface area contributed by atoms with Crippen molar-refractivity contribution < 1.29 is 5.11 Å². The Morgan fingerprint density at radius 3 is 2.36 bits per heavy atom. The van der Waals surface area contributed by atoms with Crippen molar-refractivity contribution in [3.05, 3.63) is 23.0 Å². The fourth-order valence-corrected chi connectivity index (χ4v) is 1.65. The van der Waals surface area contributed by atoms with Crippen LogP contribution in [0.15, 0.2) is 23.0 Å². The maximum atomic E-state index is 10.1. The molecule has 0 saturated heterocycles. The summed E-state index contributed by atoms with van der Waals surface area (Å²) >= 11 is 0. The summed E-state index contributed by atoms with van der Waals surface area (Å²) in [6, 6.07) is 0. The molecule has 80 valence electrons. The van der Waals surface area contributed by atoms with Crippen LogP contribution in [0.5, 0.6) is 0 Å². The lowest BCUT2D eigenvalue weighted by molar-refractivity contribution is 0.377. The molecule has 0 heterocycles. The average molecular weight is 194 g/mol. The van der Waals surface area contributed by atoms with Crippen molar-refractivity contribution in [1.82, 2.24) is 0 Å². The SMILES string of the molecule is CC(=C(O)C1=CCCCC1)C(C)(C)C. The molecule has 0 aromatic carbocycles. The highest BCUT2D eigenvalue weighted by Crippen LogP contribution is 2.32. The predicted octanol–water partition coefficient (Wildman–Crippen LogP) is 4.36. The van der Waals surface area contributed by atoms with Crippen LogP contribution in [0, 0.1) is 5.41 Å². The Morgan fingerprint density at radius 2 is 1.93 bits per heavy atom. The lowest BCUT2D eigenvalue weighted by Gasteiger charge is -2.23. The molecule has 0 spiro atoms. The second-order valence-corrected chi connectivity index (χ2v) is 5.20. The Balaban J connectivity index is 2.91. The van der Waals surface area contributed by atoms with Gasteiger partial charge in [0.15, 0.2) is 0 Å². The summed E-state index contributed by atoms with van der Waals surface area (Å²) in [5, 5.41) is 10.1. The van der Waals surface area contributed by atoms with Gasteiger partial charge < -0.3 is 5.11 Å². The second kappa shape index (κ2) is 4.20. The predicted molar refractivity (Wildman–Crippen MR) is 61.3 cm³/mol. The minimum Gasteiger partial charge on any atom is -0.508 e. The third-order valence-corrected chi connectivity index (χ3v) is 3.08. The smallest absolute Gasteiger partial charge is 0.117 e. The third-order valence-electron chi connectivity index (χ3n) is 3.08. The van der Waals surface area contributed by atoms with Crippen molar-refractivity contribution in [1.29, 1.82) is 0 Å². The minimum absolute atomic E-state index is 0.0718. The lowest BCUT2D eigenvalue weighted by atomic mass is 9.84. The molecule has 1 rings (SSSR count). The summed E-state index contributed by atoms with van der Waals surface area (Å²) in [6.07, 6.45) is 6.84. The summed E-state index contributed by atoms with van der Waals surface area (Å²) in [7, 11) is 0. The molecule has 0 unspecified atom stereocenters. The zero-order valence-corrected chi connectivity index (χ0v) is 9.85. The summed E-state index contributed by atoms with van der Waals surface area (Å²) in [4.78, 5) is 0. The Labute approximate surface area is 87.5 Å². The van der Waals surface area contributed by atoms with E-state index in [2.05, 4.69) is 26.8 Å². The molecule has 0 atom stereocenters. The van der Waals surface area contributed by atoms with Gasteiger partial charge in [-0.25, -0.2) is 0 Å². The van der Waals surface area contributed by atoms with Gasteiger partial charge in [-0.2, -0.15) is 0 Å². The first-order chi connectivity index (χ1) is 6.43. The molecule has 0 aromatic heterocycles. The highest BCUT2D eigenvalue weighted by atomic mass is 16.3. The molecule has 0 aliphatic heterocycles. The van der Waals surface area contributed by atoms with E-state index >= 15 is 0 Å². The van der Waals surface area contributed by atoms with E-state index in [9.17, 15) is 5.11 Å². The van der Waals surface area contributed by atoms with E-state index in [1.165, 1.54) is 12.8 Å². The van der Waals surface area contributed by atoms with Gasteiger partial charge in [0, 0.05) is 0 Å². The normalized spacial score (nSPS) is 20.1. The van der Waals surface area contributed by atoms with Gasteiger partial charge in [-0.15, -0.1) is 0 Å². The highest BCUT2D eigenvalue weighted by molar-refractivity contribution is 5.32. The van der Waals surface area contributed by atoms with Crippen LogP contribution in [0.2, 0.25) is 0 Å². The Hall–Kier alpha value is -0.720. The topological polar surface area (TPSA) is 20.2 Å². The van der Waals surface area contributed by atoms with Crippen LogP contribution in [-0.4, -0.2) is 5.11 Å². The molecule has 1 nitrogen and oxygen atoms in total. The summed E-state index contributed by atoms with van der Waals surface area (Å²) in [5.41, 5.74) is 2.33. The second-order valence-electron chi connectivity index (χ2n) is 5.20. The first-order valence-electron chi connectivity index (χ1n) is 5.52.